The van der Waals surface area contributed by atoms with Gasteiger partial charge in [0, 0.05) is 19.3 Å². The highest BCUT2D eigenvalue weighted by molar-refractivity contribution is 5.74. The van der Waals surface area contributed by atoms with E-state index in [1.165, 1.54) is 167 Å². The molecule has 12 heteroatoms. The van der Waals surface area contributed by atoms with Crippen LogP contribution in [0.3, 0.4) is 0 Å². The molecule has 1 saturated heterocycles. The van der Waals surface area contributed by atoms with Gasteiger partial charge in [-0.2, -0.15) is 0 Å². The zero-order chi connectivity index (χ0) is 57.5. The standard InChI is InChI=1S/C67H116O12/c1-4-7-10-13-16-19-22-25-27-29-30-32-33-36-38-41-44-47-50-53-59(68)75-56-58(77-60(69)54-51-48-45-42-40-37-34-31-28-26-23-20-17-14-11-8-5-2)57-76-67-65(63(72)62(71)64(79-67)66(73)74)78-61(70)55-52-49-46-43-39-35-24-21-18-15-12-9-6-3/h9,12,18,21,25,27,35,39,46,49,58,62-65,67,71-72H,4-8,10-11,13-17,19-20,22-24,26,28-34,36-38,40-45,47-48,50-57H2,1-3H3,(H,73,74)/b12-9-,21-18-,27-25-,39-35-,49-46-. The van der Waals surface area contributed by atoms with E-state index in [1.807, 2.05) is 18.2 Å². The van der Waals surface area contributed by atoms with Gasteiger partial charge in [-0.15, -0.1) is 0 Å². The van der Waals surface area contributed by atoms with Crippen LogP contribution in [0.1, 0.15) is 290 Å². The van der Waals surface area contributed by atoms with Crippen LogP contribution in [0, 0.1) is 0 Å². The number of hydrogen-bond donors (Lipinski definition) is 3. The van der Waals surface area contributed by atoms with Crippen molar-refractivity contribution in [3.63, 3.8) is 0 Å². The van der Waals surface area contributed by atoms with Crippen molar-refractivity contribution < 1.29 is 58.2 Å². The number of allylic oxidation sites excluding steroid dienone is 10. The Hall–Kier alpha value is -3.58. The molecule has 0 aromatic heterocycles. The van der Waals surface area contributed by atoms with Gasteiger partial charge in [-0.25, -0.2) is 4.79 Å². The van der Waals surface area contributed by atoms with Crippen LogP contribution in [0.2, 0.25) is 0 Å². The highest BCUT2D eigenvalue weighted by Gasteiger charge is 2.50. The monoisotopic (exact) mass is 1110 g/mol. The third-order valence-corrected chi connectivity index (χ3v) is 14.6. The van der Waals surface area contributed by atoms with Crippen LogP contribution in [-0.2, 0) is 42.9 Å². The van der Waals surface area contributed by atoms with Crippen LogP contribution in [0.25, 0.3) is 0 Å². The maximum absolute atomic E-state index is 13.2. The lowest BCUT2D eigenvalue weighted by atomic mass is 9.98. The number of carboxylic acids is 1. The van der Waals surface area contributed by atoms with Crippen molar-refractivity contribution in [2.24, 2.45) is 0 Å². The van der Waals surface area contributed by atoms with E-state index in [-0.39, 0.29) is 25.9 Å². The number of aliphatic hydroxyl groups excluding tert-OH is 2. The van der Waals surface area contributed by atoms with Crippen LogP contribution in [-0.4, -0.2) is 89.2 Å². The van der Waals surface area contributed by atoms with Crippen molar-refractivity contribution >= 4 is 23.9 Å². The van der Waals surface area contributed by atoms with Gasteiger partial charge in [-0.1, -0.05) is 261 Å². The highest BCUT2D eigenvalue weighted by Crippen LogP contribution is 2.26. The first-order valence-electron chi connectivity index (χ1n) is 32.3. The summed E-state index contributed by atoms with van der Waals surface area (Å²) in [5.41, 5.74) is 0. The first-order valence-corrected chi connectivity index (χ1v) is 32.3. The Balaban J connectivity index is 2.67. The fourth-order valence-electron chi connectivity index (χ4n) is 9.67. The second kappa shape index (κ2) is 55.0. The Morgan fingerprint density at radius 3 is 1.27 bits per heavy atom. The lowest BCUT2D eigenvalue weighted by Gasteiger charge is -2.40. The van der Waals surface area contributed by atoms with Gasteiger partial charge in [0.05, 0.1) is 6.61 Å². The van der Waals surface area contributed by atoms with E-state index < -0.39 is 67.3 Å². The van der Waals surface area contributed by atoms with Crippen molar-refractivity contribution in [3.8, 4) is 0 Å². The Morgan fingerprint density at radius 2 is 0.823 bits per heavy atom. The molecular weight excluding hydrogens is 997 g/mol. The van der Waals surface area contributed by atoms with Crippen molar-refractivity contribution in [1.82, 2.24) is 0 Å². The molecular formula is C67H116O12. The number of carboxylic acid groups (broad SMARTS) is 1. The quantitative estimate of drug-likeness (QED) is 0.0228. The molecule has 456 valence electrons. The van der Waals surface area contributed by atoms with E-state index in [1.54, 1.807) is 0 Å². The van der Waals surface area contributed by atoms with E-state index in [0.717, 1.165) is 57.8 Å². The van der Waals surface area contributed by atoms with E-state index in [4.69, 9.17) is 23.7 Å². The first-order chi connectivity index (χ1) is 38.6. The minimum absolute atomic E-state index is 0.0596. The van der Waals surface area contributed by atoms with Gasteiger partial charge in [0.25, 0.3) is 0 Å². The van der Waals surface area contributed by atoms with E-state index >= 15 is 0 Å². The molecule has 1 fully saturated rings. The highest BCUT2D eigenvalue weighted by atomic mass is 16.7. The third-order valence-electron chi connectivity index (χ3n) is 14.6. The number of carbonyl (C=O) groups is 4. The zero-order valence-corrected chi connectivity index (χ0v) is 50.4. The van der Waals surface area contributed by atoms with E-state index in [9.17, 15) is 34.5 Å². The van der Waals surface area contributed by atoms with Crippen LogP contribution in [0.5, 0.6) is 0 Å². The normalized spacial score (nSPS) is 18.2. The van der Waals surface area contributed by atoms with Crippen molar-refractivity contribution in [2.75, 3.05) is 13.2 Å². The number of aliphatic carboxylic acids is 1. The van der Waals surface area contributed by atoms with Crippen molar-refractivity contribution in [2.45, 2.75) is 327 Å². The number of esters is 3. The SMILES string of the molecule is CC/C=C\C/C=C\C/C=C\C/C=C\CCC(=O)OC1C(OCC(COC(=O)CCCCCCCCCCC/C=C\CCCCCCCC)OC(=O)CCCCCCCCCCCCCCCCCCC)OC(C(=O)O)C(O)C1O. The number of carbonyl (C=O) groups excluding carboxylic acids is 3. The van der Waals surface area contributed by atoms with Crippen LogP contribution in [0.4, 0.5) is 0 Å². The fourth-order valence-corrected chi connectivity index (χ4v) is 9.67. The number of ether oxygens (including phenoxy) is 5. The van der Waals surface area contributed by atoms with Gasteiger partial charge in [-0.05, 0) is 70.6 Å². The molecule has 1 heterocycles. The smallest absolute Gasteiger partial charge is 0.335 e. The largest absolute Gasteiger partial charge is 0.479 e. The molecule has 3 N–H and O–H groups in total. The third kappa shape index (κ3) is 44.7. The molecule has 0 saturated carbocycles. The summed E-state index contributed by atoms with van der Waals surface area (Å²) in [6.07, 6.45) is 56.3. The topological polar surface area (TPSA) is 175 Å². The van der Waals surface area contributed by atoms with Gasteiger partial charge >= 0.3 is 23.9 Å². The second-order valence-electron chi connectivity index (χ2n) is 22.0. The molecule has 0 spiro atoms. The predicted octanol–water partition coefficient (Wildman–Crippen LogP) is 17.1. The van der Waals surface area contributed by atoms with Gasteiger partial charge in [0.1, 0.15) is 18.8 Å². The van der Waals surface area contributed by atoms with Crippen molar-refractivity contribution in [1.29, 1.82) is 0 Å². The number of unbranched alkanes of at least 4 members (excludes halogenated alkanes) is 31. The average Bonchev–Trinajstić information content (AvgIpc) is 3.46. The summed E-state index contributed by atoms with van der Waals surface area (Å²) in [6, 6.07) is 0. The van der Waals surface area contributed by atoms with Gasteiger partial charge < -0.3 is 39.0 Å². The molecule has 12 nitrogen and oxygen atoms in total. The van der Waals surface area contributed by atoms with Crippen LogP contribution >= 0.6 is 0 Å². The molecule has 1 rings (SSSR count). The number of aliphatic hydroxyl groups is 2. The summed E-state index contributed by atoms with van der Waals surface area (Å²) in [4.78, 5) is 51.2. The molecule has 6 atom stereocenters. The maximum Gasteiger partial charge on any atom is 0.335 e. The van der Waals surface area contributed by atoms with Crippen LogP contribution < -0.4 is 0 Å². The fraction of sp³-hybridized carbons (Fsp3) is 0.791. The minimum Gasteiger partial charge on any atom is -0.479 e. The molecule has 0 aromatic carbocycles. The molecule has 6 unspecified atom stereocenters. The second-order valence-corrected chi connectivity index (χ2v) is 22.0. The minimum atomic E-state index is -1.93. The van der Waals surface area contributed by atoms with E-state index in [2.05, 4.69) is 63.3 Å². The molecule has 0 aliphatic carbocycles. The molecule has 1 aliphatic rings. The van der Waals surface area contributed by atoms with Gasteiger partial charge in [0.15, 0.2) is 24.6 Å². The Kier molecular flexibility index (Phi) is 51.1. The first kappa shape index (κ1) is 73.4. The maximum atomic E-state index is 13.2. The zero-order valence-electron chi connectivity index (χ0n) is 50.4. The summed E-state index contributed by atoms with van der Waals surface area (Å²) in [5.74, 6) is -3.21. The summed E-state index contributed by atoms with van der Waals surface area (Å²) in [5, 5.41) is 31.5. The van der Waals surface area contributed by atoms with E-state index in [0.29, 0.717) is 25.7 Å². The Morgan fingerprint density at radius 1 is 0.430 bits per heavy atom. The van der Waals surface area contributed by atoms with Gasteiger partial charge in [-0.3, -0.25) is 14.4 Å². The Labute approximate surface area is 481 Å². The summed E-state index contributed by atoms with van der Waals surface area (Å²) >= 11 is 0. The predicted molar refractivity (Wildman–Crippen MR) is 322 cm³/mol. The molecule has 1 aliphatic heterocycles. The average molecular weight is 1110 g/mol. The molecule has 79 heavy (non-hydrogen) atoms. The summed E-state index contributed by atoms with van der Waals surface area (Å²) in [6.45, 7) is 5.88. The van der Waals surface area contributed by atoms with Crippen molar-refractivity contribution in [3.05, 3.63) is 60.8 Å². The molecule has 0 radical (unpaired) electrons. The Bertz CT molecular complexity index is 1600. The number of hydrogen-bond acceptors (Lipinski definition) is 11. The molecule has 0 bridgehead atoms. The summed E-state index contributed by atoms with van der Waals surface area (Å²) < 4.78 is 28.4. The van der Waals surface area contributed by atoms with Crippen LogP contribution in [0.15, 0.2) is 60.8 Å². The lowest BCUT2D eigenvalue weighted by Crippen LogP contribution is -2.61. The molecule has 0 amide bonds. The summed E-state index contributed by atoms with van der Waals surface area (Å²) in [7, 11) is 0. The number of rotatable bonds is 55. The molecule has 0 aromatic rings. The lowest BCUT2D eigenvalue weighted by molar-refractivity contribution is -0.301. The van der Waals surface area contributed by atoms with Gasteiger partial charge in [0.2, 0.25) is 0 Å².